The smallest absolute Gasteiger partial charge is 0.295 e. The Morgan fingerprint density at radius 2 is 2.13 bits per heavy atom. The first-order valence-corrected chi connectivity index (χ1v) is 11.5. The molecule has 1 aliphatic heterocycles. The summed E-state index contributed by atoms with van der Waals surface area (Å²) in [6, 6.07) is 3.26. The molecule has 168 valence electrons. The SMILES string of the molecule is Cn1c(C2(C)CCCO2)nc(CC(=O)NCc2ccc(F)cc2S(C)(=O)=O)c(O)c1=O. The average Bonchev–Trinajstić information content (AvgIpc) is 3.14. The third-order valence-electron chi connectivity index (χ3n) is 5.26. The summed E-state index contributed by atoms with van der Waals surface area (Å²) in [5.41, 5.74) is -1.38. The van der Waals surface area contributed by atoms with Crippen LogP contribution in [-0.4, -0.2) is 41.8 Å². The third kappa shape index (κ3) is 4.77. The number of carbonyl (C=O) groups is 1. The fourth-order valence-electron chi connectivity index (χ4n) is 3.61. The molecule has 1 atom stereocenters. The Kier molecular flexibility index (Phi) is 6.19. The van der Waals surface area contributed by atoms with Crippen LogP contribution in [0.2, 0.25) is 0 Å². The molecule has 1 unspecified atom stereocenters. The van der Waals surface area contributed by atoms with E-state index in [0.717, 1.165) is 24.8 Å². The number of nitrogens with one attached hydrogen (secondary N) is 1. The molecule has 2 heterocycles. The molecule has 0 radical (unpaired) electrons. The molecule has 9 nitrogen and oxygen atoms in total. The van der Waals surface area contributed by atoms with Crippen LogP contribution < -0.4 is 10.9 Å². The molecule has 1 saturated heterocycles. The van der Waals surface area contributed by atoms with Crippen LogP contribution >= 0.6 is 0 Å². The van der Waals surface area contributed by atoms with Gasteiger partial charge < -0.3 is 15.2 Å². The maximum absolute atomic E-state index is 13.4. The van der Waals surface area contributed by atoms with Crippen LogP contribution in [0.3, 0.4) is 0 Å². The number of carbonyl (C=O) groups excluding carboxylic acids is 1. The summed E-state index contributed by atoms with van der Waals surface area (Å²) in [4.78, 5) is 29.0. The van der Waals surface area contributed by atoms with Crippen molar-refractivity contribution in [3.8, 4) is 5.75 Å². The quantitative estimate of drug-likeness (QED) is 0.666. The summed E-state index contributed by atoms with van der Waals surface area (Å²) < 4.78 is 44.1. The highest BCUT2D eigenvalue weighted by atomic mass is 32.2. The van der Waals surface area contributed by atoms with Crippen molar-refractivity contribution >= 4 is 15.7 Å². The minimum Gasteiger partial charge on any atom is -0.502 e. The van der Waals surface area contributed by atoms with Gasteiger partial charge in [-0.2, -0.15) is 0 Å². The molecule has 0 bridgehead atoms. The number of benzene rings is 1. The first-order chi connectivity index (χ1) is 14.4. The van der Waals surface area contributed by atoms with Crippen molar-refractivity contribution in [3.63, 3.8) is 0 Å². The lowest BCUT2D eigenvalue weighted by atomic mass is 10.0. The minimum atomic E-state index is -3.70. The number of amides is 1. The number of aromatic nitrogens is 2. The van der Waals surface area contributed by atoms with Crippen molar-refractivity contribution in [1.82, 2.24) is 14.9 Å². The van der Waals surface area contributed by atoms with Crippen LogP contribution in [-0.2, 0) is 45.0 Å². The highest BCUT2D eigenvalue weighted by molar-refractivity contribution is 7.90. The van der Waals surface area contributed by atoms with E-state index in [-0.39, 0.29) is 22.7 Å². The van der Waals surface area contributed by atoms with Crippen LogP contribution in [0.15, 0.2) is 27.9 Å². The zero-order chi connectivity index (χ0) is 23.0. The van der Waals surface area contributed by atoms with Crippen molar-refractivity contribution < 1.29 is 27.4 Å². The molecule has 0 aliphatic carbocycles. The zero-order valence-electron chi connectivity index (χ0n) is 17.4. The first kappa shape index (κ1) is 22.9. The summed E-state index contributed by atoms with van der Waals surface area (Å²) >= 11 is 0. The molecule has 2 aromatic rings. The van der Waals surface area contributed by atoms with Crippen LogP contribution in [0.1, 0.15) is 36.8 Å². The second kappa shape index (κ2) is 8.39. The molecule has 31 heavy (non-hydrogen) atoms. The molecule has 1 aliphatic rings. The van der Waals surface area contributed by atoms with Crippen molar-refractivity contribution in [2.45, 2.75) is 43.2 Å². The lowest BCUT2D eigenvalue weighted by molar-refractivity contribution is -0.120. The van der Waals surface area contributed by atoms with Gasteiger partial charge in [0, 0.05) is 26.5 Å². The predicted octanol–water partition coefficient (Wildman–Crippen LogP) is 0.913. The molecule has 0 saturated carbocycles. The molecule has 11 heteroatoms. The Morgan fingerprint density at radius 1 is 1.42 bits per heavy atom. The Labute approximate surface area is 178 Å². The number of hydrogen-bond acceptors (Lipinski definition) is 7. The van der Waals surface area contributed by atoms with Gasteiger partial charge in [-0.05, 0) is 37.5 Å². The standard InChI is InChI=1S/C20H24FN3O6S/c1-20(7-4-8-30-20)19-23-14(17(26)18(27)24(19)2)10-16(25)22-11-12-5-6-13(21)9-15(12)31(3,28)29/h5-6,9,26H,4,7-8,10-11H2,1-3H3,(H,22,25). The Hall–Kier alpha value is -2.79. The number of nitrogens with zero attached hydrogens (tertiary/aromatic N) is 2. The van der Waals surface area contributed by atoms with E-state index in [1.165, 1.54) is 17.7 Å². The maximum atomic E-state index is 13.4. The topological polar surface area (TPSA) is 128 Å². The molecule has 1 amide bonds. The van der Waals surface area contributed by atoms with Gasteiger partial charge >= 0.3 is 0 Å². The molecule has 1 fully saturated rings. The van der Waals surface area contributed by atoms with Crippen molar-refractivity contribution in [1.29, 1.82) is 0 Å². The molecular formula is C20H24FN3O6S. The summed E-state index contributed by atoms with van der Waals surface area (Å²) in [6.45, 7) is 2.13. The normalized spacial score (nSPS) is 18.8. The van der Waals surface area contributed by atoms with E-state index in [9.17, 15) is 27.5 Å². The molecule has 3 rings (SSSR count). The number of halogens is 1. The van der Waals surface area contributed by atoms with Crippen LogP contribution in [0.25, 0.3) is 0 Å². The van der Waals surface area contributed by atoms with Gasteiger partial charge in [0.15, 0.2) is 9.84 Å². The maximum Gasteiger partial charge on any atom is 0.295 e. The van der Waals surface area contributed by atoms with E-state index >= 15 is 0 Å². The summed E-state index contributed by atoms with van der Waals surface area (Å²) in [6.07, 6.45) is 1.98. The van der Waals surface area contributed by atoms with E-state index in [4.69, 9.17) is 4.74 Å². The highest BCUT2D eigenvalue weighted by Gasteiger charge is 2.36. The molecule has 0 spiro atoms. The summed E-state index contributed by atoms with van der Waals surface area (Å²) in [7, 11) is -2.23. The number of ether oxygens (including phenoxy) is 1. The minimum absolute atomic E-state index is 0.102. The van der Waals surface area contributed by atoms with Gasteiger partial charge in [0.1, 0.15) is 17.2 Å². The van der Waals surface area contributed by atoms with Crippen molar-refractivity contribution in [3.05, 3.63) is 51.5 Å². The van der Waals surface area contributed by atoms with Gasteiger partial charge in [-0.15, -0.1) is 0 Å². The van der Waals surface area contributed by atoms with E-state index in [2.05, 4.69) is 10.3 Å². The van der Waals surface area contributed by atoms with Crippen LogP contribution in [0, 0.1) is 5.82 Å². The van der Waals surface area contributed by atoms with E-state index in [0.29, 0.717) is 18.9 Å². The van der Waals surface area contributed by atoms with E-state index in [1.807, 2.05) is 0 Å². The monoisotopic (exact) mass is 453 g/mol. The van der Waals surface area contributed by atoms with Gasteiger partial charge in [0.2, 0.25) is 11.7 Å². The highest BCUT2D eigenvalue weighted by Crippen LogP contribution is 2.34. The van der Waals surface area contributed by atoms with Gasteiger partial charge in [-0.3, -0.25) is 14.2 Å². The average molecular weight is 453 g/mol. The molecule has 1 aromatic carbocycles. The fourth-order valence-corrected chi connectivity index (χ4v) is 4.56. The summed E-state index contributed by atoms with van der Waals surface area (Å²) in [5.74, 6) is -1.63. The lowest BCUT2D eigenvalue weighted by Crippen LogP contribution is -2.34. The second-order valence-electron chi connectivity index (χ2n) is 7.76. The Morgan fingerprint density at radius 3 is 2.74 bits per heavy atom. The number of hydrogen-bond donors (Lipinski definition) is 2. The van der Waals surface area contributed by atoms with Gasteiger partial charge in [0.05, 0.1) is 17.0 Å². The zero-order valence-corrected chi connectivity index (χ0v) is 18.3. The van der Waals surface area contributed by atoms with Crippen molar-refractivity contribution in [2.75, 3.05) is 12.9 Å². The van der Waals surface area contributed by atoms with E-state index in [1.54, 1.807) is 6.92 Å². The second-order valence-corrected chi connectivity index (χ2v) is 9.74. The Bertz CT molecular complexity index is 1190. The fraction of sp³-hybridized carbons (Fsp3) is 0.450. The van der Waals surface area contributed by atoms with Crippen LogP contribution in [0.5, 0.6) is 5.75 Å². The number of rotatable bonds is 6. The largest absolute Gasteiger partial charge is 0.502 e. The lowest BCUT2D eigenvalue weighted by Gasteiger charge is -2.25. The van der Waals surface area contributed by atoms with Gasteiger partial charge in [-0.25, -0.2) is 17.8 Å². The predicted molar refractivity (Wildman–Crippen MR) is 109 cm³/mol. The molecule has 2 N–H and O–H groups in total. The van der Waals surface area contributed by atoms with Crippen LogP contribution in [0.4, 0.5) is 4.39 Å². The van der Waals surface area contributed by atoms with Crippen molar-refractivity contribution in [2.24, 2.45) is 7.05 Å². The van der Waals surface area contributed by atoms with Gasteiger partial charge in [-0.1, -0.05) is 6.07 Å². The van der Waals surface area contributed by atoms with Gasteiger partial charge in [0.25, 0.3) is 5.56 Å². The van der Waals surface area contributed by atoms with E-state index < -0.39 is 44.9 Å². The summed E-state index contributed by atoms with van der Waals surface area (Å²) in [5, 5.41) is 12.7. The number of sulfone groups is 1. The Balaban J connectivity index is 1.82. The number of aromatic hydroxyl groups is 1. The third-order valence-corrected chi connectivity index (χ3v) is 6.44. The molecular weight excluding hydrogens is 429 g/mol. The first-order valence-electron chi connectivity index (χ1n) is 9.61. The molecule has 1 aromatic heterocycles.